The molecule has 0 fully saturated rings. The fourth-order valence-electron chi connectivity index (χ4n) is 2.58. The minimum atomic E-state index is -4.17. The predicted octanol–water partition coefficient (Wildman–Crippen LogP) is 4.27. The van der Waals surface area contributed by atoms with Crippen molar-refractivity contribution in [1.29, 1.82) is 0 Å². The van der Waals surface area contributed by atoms with Crippen LogP contribution in [0.15, 0.2) is 77.7 Å². The predicted molar refractivity (Wildman–Crippen MR) is 99.3 cm³/mol. The largest absolute Gasteiger partial charge is 0.269 e. The van der Waals surface area contributed by atoms with Crippen LogP contribution in [0.25, 0.3) is 0 Å². The van der Waals surface area contributed by atoms with Gasteiger partial charge in [-0.25, -0.2) is 17.2 Å². The third kappa shape index (κ3) is 3.99. The third-order valence-corrected chi connectivity index (χ3v) is 5.80. The quantitative estimate of drug-likeness (QED) is 0.454. The van der Waals surface area contributed by atoms with Crippen LogP contribution in [-0.4, -0.2) is 13.3 Å². The molecule has 0 bridgehead atoms. The molecule has 0 amide bonds. The molecule has 0 heterocycles. The van der Waals surface area contributed by atoms with Crippen LogP contribution in [0, 0.1) is 21.7 Å². The summed E-state index contributed by atoms with van der Waals surface area (Å²) in [5.74, 6) is -1.65. The second-order valence-electron chi connectivity index (χ2n) is 5.83. The Morgan fingerprint density at radius 2 is 1.57 bits per heavy atom. The van der Waals surface area contributed by atoms with Crippen LogP contribution in [0.1, 0.15) is 5.56 Å². The van der Waals surface area contributed by atoms with Gasteiger partial charge in [-0.05, 0) is 30.3 Å². The van der Waals surface area contributed by atoms with Gasteiger partial charge in [0.2, 0.25) is 0 Å². The molecule has 0 N–H and O–H groups in total. The maximum Gasteiger partial charge on any atom is 0.269 e. The average Bonchev–Trinajstić information content (AvgIpc) is 2.68. The summed E-state index contributed by atoms with van der Waals surface area (Å²) in [7, 11) is -4.17. The van der Waals surface area contributed by atoms with Crippen molar-refractivity contribution in [2.45, 2.75) is 11.4 Å². The molecular formula is C19H14F2N2O4S. The maximum absolute atomic E-state index is 14.1. The second kappa shape index (κ2) is 7.73. The molecule has 3 rings (SSSR count). The van der Waals surface area contributed by atoms with Crippen molar-refractivity contribution in [3.8, 4) is 0 Å². The van der Waals surface area contributed by atoms with Crippen molar-refractivity contribution in [3.63, 3.8) is 0 Å². The average molecular weight is 404 g/mol. The standard InChI is InChI=1S/C19H14F2N2O4S/c20-15-7-6-14(19(21)12-15)13-22(16-4-2-1-3-5-16)28(26,27)18-10-8-17(9-11-18)23(24)25/h1-12H,13H2. The lowest BCUT2D eigenvalue weighted by Gasteiger charge is -2.25. The summed E-state index contributed by atoms with van der Waals surface area (Å²) >= 11 is 0. The van der Waals surface area contributed by atoms with Gasteiger partial charge in [0.05, 0.1) is 22.1 Å². The van der Waals surface area contributed by atoms with Crippen molar-refractivity contribution in [1.82, 2.24) is 0 Å². The third-order valence-electron chi connectivity index (χ3n) is 4.01. The summed E-state index contributed by atoms with van der Waals surface area (Å²) in [4.78, 5) is 9.97. The SMILES string of the molecule is O=[N+]([O-])c1ccc(S(=O)(=O)N(Cc2ccc(F)cc2F)c2ccccc2)cc1. The summed E-state index contributed by atoms with van der Waals surface area (Å²) in [5.41, 5.74) is -0.00453. The molecular weight excluding hydrogens is 390 g/mol. The number of para-hydroxylation sites is 1. The highest BCUT2D eigenvalue weighted by molar-refractivity contribution is 7.92. The highest BCUT2D eigenvalue weighted by atomic mass is 32.2. The van der Waals surface area contributed by atoms with Crippen LogP contribution in [0.4, 0.5) is 20.2 Å². The van der Waals surface area contributed by atoms with Crippen molar-refractivity contribution in [2.24, 2.45) is 0 Å². The van der Waals surface area contributed by atoms with E-state index in [9.17, 15) is 27.3 Å². The minimum absolute atomic E-state index is 0.0178. The summed E-state index contributed by atoms with van der Waals surface area (Å²) < 4.78 is 54.6. The first-order valence-electron chi connectivity index (χ1n) is 8.05. The number of non-ortho nitro benzene ring substituents is 1. The van der Waals surface area contributed by atoms with E-state index in [4.69, 9.17) is 0 Å². The molecule has 144 valence electrons. The Hall–Kier alpha value is -3.33. The number of halogens is 2. The molecule has 0 aliphatic carbocycles. The fraction of sp³-hybridized carbons (Fsp3) is 0.0526. The van der Waals surface area contributed by atoms with E-state index < -0.39 is 26.6 Å². The highest BCUT2D eigenvalue weighted by Gasteiger charge is 2.26. The Morgan fingerprint density at radius 1 is 0.929 bits per heavy atom. The van der Waals surface area contributed by atoms with Gasteiger partial charge in [-0.15, -0.1) is 0 Å². The lowest BCUT2D eigenvalue weighted by Crippen LogP contribution is -2.31. The highest BCUT2D eigenvalue weighted by Crippen LogP contribution is 2.27. The first kappa shape index (κ1) is 19.4. The van der Waals surface area contributed by atoms with Gasteiger partial charge >= 0.3 is 0 Å². The van der Waals surface area contributed by atoms with Crippen molar-refractivity contribution in [3.05, 3.63) is 100 Å². The molecule has 0 saturated carbocycles. The number of hydrogen-bond donors (Lipinski definition) is 0. The molecule has 9 heteroatoms. The van der Waals surface area contributed by atoms with Crippen LogP contribution in [0.2, 0.25) is 0 Å². The van der Waals surface area contributed by atoms with Crippen LogP contribution in [0.3, 0.4) is 0 Å². The molecule has 28 heavy (non-hydrogen) atoms. The van der Waals surface area contributed by atoms with Gasteiger partial charge in [0.25, 0.3) is 15.7 Å². The number of hydrogen-bond acceptors (Lipinski definition) is 4. The zero-order chi connectivity index (χ0) is 20.3. The molecule has 0 atom stereocenters. The van der Waals surface area contributed by atoms with Gasteiger partial charge in [0.1, 0.15) is 11.6 Å². The molecule has 0 unspecified atom stereocenters. The summed E-state index contributed by atoms with van der Waals surface area (Å²) in [6, 6.07) is 15.3. The minimum Gasteiger partial charge on any atom is -0.262 e. The van der Waals surface area contributed by atoms with Crippen LogP contribution in [-0.2, 0) is 16.6 Å². The number of rotatable bonds is 6. The van der Waals surface area contributed by atoms with E-state index >= 15 is 0 Å². The Balaban J connectivity index is 2.06. The zero-order valence-corrected chi connectivity index (χ0v) is 15.1. The van der Waals surface area contributed by atoms with Gasteiger partial charge in [0.15, 0.2) is 0 Å². The van der Waals surface area contributed by atoms with E-state index in [-0.39, 0.29) is 28.4 Å². The van der Waals surface area contributed by atoms with E-state index in [0.717, 1.165) is 34.6 Å². The molecule has 3 aromatic rings. The molecule has 0 radical (unpaired) electrons. The molecule has 0 aliphatic heterocycles. The monoisotopic (exact) mass is 404 g/mol. The number of benzene rings is 3. The molecule has 0 saturated heterocycles. The summed E-state index contributed by atoms with van der Waals surface area (Å²) in [6.45, 7) is -0.380. The Morgan fingerprint density at radius 3 is 2.14 bits per heavy atom. The molecule has 3 aromatic carbocycles. The van der Waals surface area contributed by atoms with Gasteiger partial charge in [-0.3, -0.25) is 14.4 Å². The number of nitro benzene ring substituents is 1. The molecule has 0 spiro atoms. The lowest BCUT2D eigenvalue weighted by atomic mass is 10.2. The van der Waals surface area contributed by atoms with Crippen molar-refractivity contribution in [2.75, 3.05) is 4.31 Å². The molecule has 0 aromatic heterocycles. The fourth-order valence-corrected chi connectivity index (χ4v) is 4.02. The number of sulfonamides is 1. The maximum atomic E-state index is 14.1. The van der Waals surface area contributed by atoms with Crippen LogP contribution < -0.4 is 4.31 Å². The van der Waals surface area contributed by atoms with E-state index in [1.807, 2.05) is 0 Å². The van der Waals surface area contributed by atoms with Gasteiger partial charge in [-0.2, -0.15) is 0 Å². The topological polar surface area (TPSA) is 80.5 Å². The van der Waals surface area contributed by atoms with Crippen molar-refractivity contribution >= 4 is 21.4 Å². The van der Waals surface area contributed by atoms with Gasteiger partial charge < -0.3 is 0 Å². The van der Waals surface area contributed by atoms with Crippen LogP contribution >= 0.6 is 0 Å². The zero-order valence-electron chi connectivity index (χ0n) is 14.3. The summed E-state index contributed by atoms with van der Waals surface area (Å²) in [5, 5.41) is 10.8. The van der Waals surface area contributed by atoms with E-state index in [2.05, 4.69) is 0 Å². The van der Waals surface area contributed by atoms with Crippen LogP contribution in [0.5, 0.6) is 0 Å². The molecule has 0 aliphatic rings. The second-order valence-corrected chi connectivity index (χ2v) is 7.70. The Labute approximate surface area is 159 Å². The normalized spacial score (nSPS) is 11.2. The van der Waals surface area contributed by atoms with E-state index in [0.29, 0.717) is 6.07 Å². The lowest BCUT2D eigenvalue weighted by molar-refractivity contribution is -0.384. The van der Waals surface area contributed by atoms with Gasteiger partial charge in [-0.1, -0.05) is 24.3 Å². The Kier molecular flexibility index (Phi) is 5.36. The van der Waals surface area contributed by atoms with E-state index in [1.165, 1.54) is 18.2 Å². The van der Waals surface area contributed by atoms with Gasteiger partial charge in [0, 0.05) is 23.8 Å². The smallest absolute Gasteiger partial charge is 0.262 e. The Bertz CT molecular complexity index is 1100. The molecule has 6 nitrogen and oxygen atoms in total. The van der Waals surface area contributed by atoms with Crippen molar-refractivity contribution < 1.29 is 22.1 Å². The number of nitro groups is 1. The first-order valence-corrected chi connectivity index (χ1v) is 9.49. The number of anilines is 1. The van der Waals surface area contributed by atoms with E-state index in [1.54, 1.807) is 18.2 Å². The first-order chi connectivity index (χ1) is 13.3. The summed E-state index contributed by atoms with van der Waals surface area (Å²) in [6.07, 6.45) is 0. The number of nitrogens with zero attached hydrogens (tertiary/aromatic N) is 2.